The smallest absolute Gasteiger partial charge is 0.269 e. The van der Waals surface area contributed by atoms with E-state index in [0.717, 1.165) is 31.7 Å². The predicted molar refractivity (Wildman–Crippen MR) is 102 cm³/mol. The SMILES string of the molecule is Cc1cc(NC(=O)c2ccc([N+](=O)[O-])cc2)ccc1N1CCN(C)CC1. The fraction of sp³-hybridized carbons (Fsp3) is 0.316. The van der Waals surface area contributed by atoms with E-state index in [-0.39, 0.29) is 11.6 Å². The van der Waals surface area contributed by atoms with Crippen molar-refractivity contribution < 1.29 is 9.72 Å². The van der Waals surface area contributed by atoms with Gasteiger partial charge in [0, 0.05) is 55.2 Å². The Morgan fingerprint density at radius 3 is 2.31 bits per heavy atom. The van der Waals surface area contributed by atoms with E-state index in [1.165, 1.54) is 30.0 Å². The summed E-state index contributed by atoms with van der Waals surface area (Å²) in [6.45, 7) is 6.10. The van der Waals surface area contributed by atoms with Crippen molar-refractivity contribution in [3.63, 3.8) is 0 Å². The molecule has 1 saturated heterocycles. The number of carbonyl (C=O) groups is 1. The molecule has 7 nitrogen and oxygen atoms in total. The number of amides is 1. The number of carbonyl (C=O) groups excluding carboxylic acids is 1. The first-order valence-electron chi connectivity index (χ1n) is 8.54. The lowest BCUT2D eigenvalue weighted by atomic mass is 10.1. The Hall–Kier alpha value is -2.93. The molecule has 0 atom stereocenters. The summed E-state index contributed by atoms with van der Waals surface area (Å²) < 4.78 is 0. The van der Waals surface area contributed by atoms with Crippen molar-refractivity contribution in [1.82, 2.24) is 4.90 Å². The van der Waals surface area contributed by atoms with Crippen LogP contribution in [0.15, 0.2) is 42.5 Å². The summed E-state index contributed by atoms with van der Waals surface area (Å²) >= 11 is 0. The molecule has 0 spiro atoms. The number of piperazine rings is 1. The maximum Gasteiger partial charge on any atom is 0.269 e. The van der Waals surface area contributed by atoms with Crippen LogP contribution in [0.2, 0.25) is 0 Å². The minimum absolute atomic E-state index is 0.0334. The third-order valence-electron chi connectivity index (χ3n) is 4.64. The van der Waals surface area contributed by atoms with Gasteiger partial charge in [-0.05, 0) is 49.9 Å². The van der Waals surface area contributed by atoms with Crippen molar-refractivity contribution in [3.8, 4) is 0 Å². The van der Waals surface area contributed by atoms with Crippen LogP contribution in [0, 0.1) is 17.0 Å². The summed E-state index contributed by atoms with van der Waals surface area (Å²) in [4.78, 5) is 27.2. The maximum atomic E-state index is 12.3. The summed E-state index contributed by atoms with van der Waals surface area (Å²) in [7, 11) is 2.13. The lowest BCUT2D eigenvalue weighted by molar-refractivity contribution is -0.384. The third-order valence-corrected chi connectivity index (χ3v) is 4.64. The number of nitrogens with zero attached hydrogens (tertiary/aromatic N) is 3. The number of aryl methyl sites for hydroxylation is 1. The normalized spacial score (nSPS) is 14.9. The molecule has 7 heteroatoms. The molecule has 0 aliphatic carbocycles. The third kappa shape index (κ3) is 4.00. The van der Waals surface area contributed by atoms with Gasteiger partial charge >= 0.3 is 0 Å². The van der Waals surface area contributed by atoms with Gasteiger partial charge in [0.25, 0.3) is 11.6 Å². The largest absolute Gasteiger partial charge is 0.369 e. The van der Waals surface area contributed by atoms with E-state index in [4.69, 9.17) is 0 Å². The summed E-state index contributed by atoms with van der Waals surface area (Å²) in [5.41, 5.74) is 3.36. The van der Waals surface area contributed by atoms with Crippen LogP contribution in [-0.4, -0.2) is 49.0 Å². The van der Waals surface area contributed by atoms with Gasteiger partial charge in [0.05, 0.1) is 4.92 Å². The first-order valence-corrected chi connectivity index (χ1v) is 8.54. The van der Waals surface area contributed by atoms with Crippen molar-refractivity contribution in [2.75, 3.05) is 43.4 Å². The zero-order chi connectivity index (χ0) is 18.7. The summed E-state index contributed by atoms with van der Waals surface area (Å²) in [6, 6.07) is 11.5. The fourth-order valence-corrected chi connectivity index (χ4v) is 3.07. The molecule has 3 rings (SSSR count). The molecule has 1 aliphatic heterocycles. The first kappa shape index (κ1) is 17.9. The lowest BCUT2D eigenvalue weighted by Crippen LogP contribution is -2.44. The van der Waals surface area contributed by atoms with Crippen molar-refractivity contribution in [1.29, 1.82) is 0 Å². The molecule has 2 aromatic carbocycles. The molecular weight excluding hydrogens is 332 g/mol. The molecule has 1 fully saturated rings. The van der Waals surface area contributed by atoms with Gasteiger partial charge in [-0.1, -0.05) is 0 Å². The van der Waals surface area contributed by atoms with E-state index < -0.39 is 4.92 Å². The van der Waals surface area contributed by atoms with Crippen LogP contribution in [0.4, 0.5) is 17.1 Å². The van der Waals surface area contributed by atoms with E-state index >= 15 is 0 Å². The van der Waals surface area contributed by atoms with Crippen molar-refractivity contribution >= 4 is 23.0 Å². The quantitative estimate of drug-likeness (QED) is 0.675. The number of nitro groups is 1. The lowest BCUT2D eigenvalue weighted by Gasteiger charge is -2.35. The Kier molecular flexibility index (Phi) is 5.18. The number of non-ortho nitro benzene ring substituents is 1. The molecule has 1 N–H and O–H groups in total. The van der Waals surface area contributed by atoms with Gasteiger partial charge < -0.3 is 15.1 Å². The van der Waals surface area contributed by atoms with Crippen LogP contribution in [0.5, 0.6) is 0 Å². The molecule has 0 saturated carbocycles. The second-order valence-electron chi connectivity index (χ2n) is 6.55. The first-order chi connectivity index (χ1) is 12.4. The predicted octanol–water partition coefficient (Wildman–Crippen LogP) is 2.91. The average molecular weight is 354 g/mol. The molecule has 2 aromatic rings. The second kappa shape index (κ2) is 7.53. The Morgan fingerprint density at radius 1 is 1.08 bits per heavy atom. The summed E-state index contributed by atoms with van der Waals surface area (Å²) in [5, 5.41) is 13.5. The average Bonchev–Trinajstić information content (AvgIpc) is 2.63. The molecular formula is C19H22N4O3. The minimum atomic E-state index is -0.484. The van der Waals surface area contributed by atoms with Crippen LogP contribution in [0.1, 0.15) is 15.9 Å². The van der Waals surface area contributed by atoms with Crippen molar-refractivity contribution in [3.05, 3.63) is 63.7 Å². The summed E-state index contributed by atoms with van der Waals surface area (Å²) in [6.07, 6.45) is 0. The van der Waals surface area contributed by atoms with Gasteiger partial charge in [-0.2, -0.15) is 0 Å². The van der Waals surface area contributed by atoms with Gasteiger partial charge in [0.15, 0.2) is 0 Å². The number of likely N-dealkylation sites (N-methyl/N-ethyl adjacent to an activating group) is 1. The van der Waals surface area contributed by atoms with Gasteiger partial charge in [0.2, 0.25) is 0 Å². The Morgan fingerprint density at radius 2 is 1.73 bits per heavy atom. The zero-order valence-electron chi connectivity index (χ0n) is 14.9. The van der Waals surface area contributed by atoms with E-state index in [2.05, 4.69) is 22.2 Å². The van der Waals surface area contributed by atoms with E-state index in [0.29, 0.717) is 11.3 Å². The molecule has 0 unspecified atom stereocenters. The van der Waals surface area contributed by atoms with Crippen LogP contribution in [0.25, 0.3) is 0 Å². The Bertz CT molecular complexity index is 812. The highest BCUT2D eigenvalue weighted by atomic mass is 16.6. The Balaban J connectivity index is 1.69. The van der Waals surface area contributed by atoms with Crippen LogP contribution < -0.4 is 10.2 Å². The standard InChI is InChI=1S/C19H22N4O3/c1-14-13-16(5-8-18(14)22-11-9-21(2)10-12-22)20-19(24)15-3-6-17(7-4-15)23(25)26/h3-8,13H,9-12H2,1-2H3,(H,20,24). The fourth-order valence-electron chi connectivity index (χ4n) is 3.07. The number of benzene rings is 2. The van der Waals surface area contributed by atoms with Gasteiger partial charge in [-0.25, -0.2) is 0 Å². The topological polar surface area (TPSA) is 78.7 Å². The van der Waals surface area contributed by atoms with Gasteiger partial charge in [-0.15, -0.1) is 0 Å². The zero-order valence-corrected chi connectivity index (χ0v) is 14.9. The van der Waals surface area contributed by atoms with Gasteiger partial charge in [0.1, 0.15) is 0 Å². The van der Waals surface area contributed by atoms with Crippen LogP contribution >= 0.6 is 0 Å². The second-order valence-corrected chi connectivity index (χ2v) is 6.55. The van der Waals surface area contributed by atoms with Crippen molar-refractivity contribution in [2.45, 2.75) is 6.92 Å². The van der Waals surface area contributed by atoms with Crippen LogP contribution in [0.3, 0.4) is 0 Å². The number of rotatable bonds is 4. The molecule has 1 amide bonds. The van der Waals surface area contributed by atoms with Gasteiger partial charge in [-0.3, -0.25) is 14.9 Å². The minimum Gasteiger partial charge on any atom is -0.369 e. The van der Waals surface area contributed by atoms with E-state index in [9.17, 15) is 14.9 Å². The number of nitrogens with one attached hydrogen (secondary N) is 1. The number of anilines is 2. The van der Waals surface area contributed by atoms with Crippen molar-refractivity contribution in [2.24, 2.45) is 0 Å². The number of hydrogen-bond acceptors (Lipinski definition) is 5. The van der Waals surface area contributed by atoms with E-state index in [1.807, 2.05) is 25.1 Å². The van der Waals surface area contributed by atoms with E-state index in [1.54, 1.807) is 0 Å². The molecule has 0 radical (unpaired) electrons. The molecule has 1 aliphatic rings. The molecule has 26 heavy (non-hydrogen) atoms. The highest BCUT2D eigenvalue weighted by Crippen LogP contribution is 2.25. The molecule has 136 valence electrons. The van der Waals surface area contributed by atoms with Crippen LogP contribution in [-0.2, 0) is 0 Å². The maximum absolute atomic E-state index is 12.3. The highest BCUT2D eigenvalue weighted by Gasteiger charge is 2.16. The molecule has 0 bridgehead atoms. The molecule has 1 heterocycles. The Labute approximate surface area is 152 Å². The monoisotopic (exact) mass is 354 g/mol. The summed E-state index contributed by atoms with van der Waals surface area (Å²) in [5.74, 6) is -0.286. The highest BCUT2D eigenvalue weighted by molar-refractivity contribution is 6.04. The number of hydrogen-bond donors (Lipinski definition) is 1. The molecule has 0 aromatic heterocycles. The number of nitro benzene ring substituents is 1.